The number of hydrogen-bond acceptors (Lipinski definition) is 5. The van der Waals surface area contributed by atoms with Crippen molar-refractivity contribution in [2.24, 2.45) is 0 Å². The molecule has 0 aliphatic heterocycles. The molecule has 25 heavy (non-hydrogen) atoms. The molecule has 0 unspecified atom stereocenters. The molecule has 1 aliphatic carbocycles. The van der Waals surface area contributed by atoms with Gasteiger partial charge in [-0.25, -0.2) is 0 Å². The minimum atomic E-state index is -0.223. The van der Waals surface area contributed by atoms with Gasteiger partial charge in [-0.1, -0.05) is 30.0 Å². The summed E-state index contributed by atoms with van der Waals surface area (Å²) in [7, 11) is 0. The number of nitrogens with zero attached hydrogens (tertiary/aromatic N) is 3. The summed E-state index contributed by atoms with van der Waals surface area (Å²) in [6, 6.07) is 8.58. The van der Waals surface area contributed by atoms with Gasteiger partial charge in [-0.2, -0.15) is 0 Å². The maximum atomic E-state index is 11.8. The van der Waals surface area contributed by atoms with Gasteiger partial charge in [0.15, 0.2) is 11.0 Å². The molecule has 1 aliphatic rings. The molecule has 2 aromatic heterocycles. The molecule has 0 bridgehead atoms. The maximum Gasteiger partial charge on any atom is 0.316 e. The third-order valence-electron chi connectivity index (χ3n) is 4.09. The topological polar surface area (TPSA) is 72.8 Å². The van der Waals surface area contributed by atoms with Crippen molar-refractivity contribution in [2.45, 2.75) is 44.0 Å². The first-order valence-corrected chi connectivity index (χ1v) is 9.45. The number of esters is 1. The van der Waals surface area contributed by atoms with Crippen LogP contribution < -0.4 is 0 Å². The van der Waals surface area contributed by atoms with Gasteiger partial charge in [0.2, 0.25) is 0 Å². The van der Waals surface area contributed by atoms with Gasteiger partial charge in [0.1, 0.15) is 0 Å². The van der Waals surface area contributed by atoms with E-state index >= 15 is 0 Å². The zero-order valence-corrected chi connectivity index (χ0v) is 15.0. The van der Waals surface area contributed by atoms with Gasteiger partial charge >= 0.3 is 5.97 Å². The van der Waals surface area contributed by atoms with Crippen molar-refractivity contribution in [3.05, 3.63) is 30.5 Å². The molecule has 2 heterocycles. The number of carbonyl (C=O) groups excluding carboxylic acids is 1. The number of benzene rings is 1. The molecular formula is C18H20N4O2S. The lowest BCUT2D eigenvalue weighted by atomic mass is 10.1. The quantitative estimate of drug-likeness (QED) is 0.537. The number of fused-ring (bicyclic) bond motifs is 1. The fraction of sp³-hybridized carbons (Fsp3) is 0.389. The lowest BCUT2D eigenvalue weighted by molar-refractivity contribution is -0.144. The second-order valence-corrected chi connectivity index (χ2v) is 7.43. The maximum absolute atomic E-state index is 11.8. The molecule has 4 rings (SSSR count). The summed E-state index contributed by atoms with van der Waals surface area (Å²) < 4.78 is 7.37. The largest absolute Gasteiger partial charge is 0.462 e. The number of aromatic nitrogens is 4. The minimum absolute atomic E-state index is 0.101. The highest BCUT2D eigenvalue weighted by Crippen LogP contribution is 2.42. The SMILES string of the molecule is CC(C)OC(=O)CSc1nnc(-c2c[nH]c3ccccc23)n1C1CC1. The van der Waals surface area contributed by atoms with Crippen LogP contribution in [0.15, 0.2) is 35.6 Å². The smallest absolute Gasteiger partial charge is 0.316 e. The summed E-state index contributed by atoms with van der Waals surface area (Å²) in [5.41, 5.74) is 2.13. The molecule has 6 nitrogen and oxygen atoms in total. The van der Waals surface area contributed by atoms with E-state index in [2.05, 4.69) is 25.8 Å². The Morgan fingerprint density at radius 2 is 2.16 bits per heavy atom. The van der Waals surface area contributed by atoms with Crippen molar-refractivity contribution >= 4 is 28.6 Å². The summed E-state index contributed by atoms with van der Waals surface area (Å²) in [6.45, 7) is 3.70. The average molecular weight is 356 g/mol. The van der Waals surface area contributed by atoms with Crippen molar-refractivity contribution in [2.75, 3.05) is 5.75 Å². The van der Waals surface area contributed by atoms with E-state index in [-0.39, 0.29) is 17.8 Å². The molecule has 1 fully saturated rings. The predicted octanol–water partition coefficient (Wildman–Crippen LogP) is 3.81. The number of nitrogens with one attached hydrogen (secondary N) is 1. The molecule has 1 N–H and O–H groups in total. The number of H-pyrrole nitrogens is 1. The molecule has 0 spiro atoms. The normalized spacial score (nSPS) is 14.4. The molecule has 0 amide bonds. The van der Waals surface area contributed by atoms with E-state index in [1.807, 2.05) is 38.2 Å². The van der Waals surface area contributed by atoms with Crippen molar-refractivity contribution in [1.82, 2.24) is 19.7 Å². The fourth-order valence-electron chi connectivity index (χ4n) is 2.90. The first-order valence-electron chi connectivity index (χ1n) is 8.47. The Bertz CT molecular complexity index is 911. The van der Waals surface area contributed by atoms with Crippen molar-refractivity contribution in [1.29, 1.82) is 0 Å². The fourth-order valence-corrected chi connectivity index (χ4v) is 3.69. The second-order valence-electron chi connectivity index (χ2n) is 6.48. The van der Waals surface area contributed by atoms with E-state index in [9.17, 15) is 4.79 Å². The third kappa shape index (κ3) is 3.28. The molecule has 7 heteroatoms. The van der Waals surface area contributed by atoms with Gasteiger partial charge in [-0.15, -0.1) is 10.2 Å². The zero-order valence-electron chi connectivity index (χ0n) is 14.2. The highest BCUT2D eigenvalue weighted by atomic mass is 32.2. The predicted molar refractivity (Wildman–Crippen MR) is 97.5 cm³/mol. The van der Waals surface area contributed by atoms with Crippen LogP contribution in [0.1, 0.15) is 32.7 Å². The van der Waals surface area contributed by atoms with E-state index in [0.717, 1.165) is 40.3 Å². The van der Waals surface area contributed by atoms with Crippen LogP contribution in [0, 0.1) is 0 Å². The highest BCUT2D eigenvalue weighted by molar-refractivity contribution is 7.99. The molecule has 1 saturated carbocycles. The lowest BCUT2D eigenvalue weighted by Gasteiger charge is -2.09. The van der Waals surface area contributed by atoms with Crippen LogP contribution in [0.5, 0.6) is 0 Å². The van der Waals surface area contributed by atoms with Crippen LogP contribution in [0.25, 0.3) is 22.3 Å². The molecule has 130 valence electrons. The first kappa shape index (κ1) is 16.2. The van der Waals surface area contributed by atoms with Gasteiger partial charge in [0.05, 0.1) is 11.9 Å². The first-order chi connectivity index (χ1) is 12.1. The van der Waals surface area contributed by atoms with Crippen LogP contribution >= 0.6 is 11.8 Å². The molecule has 0 radical (unpaired) electrons. The zero-order chi connectivity index (χ0) is 17.4. The molecule has 0 atom stereocenters. The summed E-state index contributed by atoms with van der Waals surface area (Å²) in [5.74, 6) is 0.885. The van der Waals surface area contributed by atoms with Gasteiger partial charge in [-0.3, -0.25) is 9.36 Å². The van der Waals surface area contributed by atoms with Crippen molar-refractivity contribution < 1.29 is 9.53 Å². The van der Waals surface area contributed by atoms with E-state index in [1.165, 1.54) is 11.8 Å². The highest BCUT2D eigenvalue weighted by Gasteiger charge is 2.31. The Morgan fingerprint density at radius 3 is 2.92 bits per heavy atom. The summed E-state index contributed by atoms with van der Waals surface area (Å²) >= 11 is 1.39. The number of carbonyl (C=O) groups is 1. The Hall–Kier alpha value is -2.28. The van der Waals surface area contributed by atoms with Gasteiger partial charge in [0.25, 0.3) is 0 Å². The Morgan fingerprint density at radius 1 is 1.36 bits per heavy atom. The number of ether oxygens (including phenoxy) is 1. The number of hydrogen-bond donors (Lipinski definition) is 1. The summed E-state index contributed by atoms with van der Waals surface area (Å²) in [5, 5.41) is 10.7. The molecule has 0 saturated heterocycles. The Labute approximate surface area is 150 Å². The van der Waals surface area contributed by atoms with Crippen LogP contribution in [-0.4, -0.2) is 37.6 Å². The molecule has 1 aromatic carbocycles. The van der Waals surface area contributed by atoms with E-state index in [0.29, 0.717) is 6.04 Å². The van der Waals surface area contributed by atoms with Crippen molar-refractivity contribution in [3.63, 3.8) is 0 Å². The Kier molecular flexibility index (Phi) is 4.25. The Balaban J connectivity index is 1.64. The second kappa shape index (κ2) is 6.55. The average Bonchev–Trinajstić information content (AvgIpc) is 3.19. The van der Waals surface area contributed by atoms with E-state index in [4.69, 9.17) is 4.74 Å². The van der Waals surface area contributed by atoms with Gasteiger partial charge in [-0.05, 0) is 32.8 Å². The minimum Gasteiger partial charge on any atom is -0.462 e. The van der Waals surface area contributed by atoms with Crippen LogP contribution in [0.4, 0.5) is 0 Å². The standard InChI is InChI=1S/C18H20N4O2S/c1-11(2)24-16(23)10-25-18-21-20-17(22(18)12-7-8-12)14-9-19-15-6-4-3-5-13(14)15/h3-6,9,11-12,19H,7-8,10H2,1-2H3. The summed E-state index contributed by atoms with van der Waals surface area (Å²) in [6.07, 6.45) is 4.13. The number of thioether (sulfide) groups is 1. The lowest BCUT2D eigenvalue weighted by Crippen LogP contribution is -2.13. The number of rotatable bonds is 6. The number of para-hydroxylation sites is 1. The monoisotopic (exact) mass is 356 g/mol. The number of aromatic amines is 1. The van der Waals surface area contributed by atoms with Gasteiger partial charge in [0, 0.05) is 28.7 Å². The third-order valence-corrected chi connectivity index (χ3v) is 5.01. The van der Waals surface area contributed by atoms with Crippen molar-refractivity contribution in [3.8, 4) is 11.4 Å². The van der Waals surface area contributed by atoms with Gasteiger partial charge < -0.3 is 9.72 Å². The van der Waals surface area contributed by atoms with E-state index in [1.54, 1.807) is 0 Å². The van der Waals surface area contributed by atoms with Crippen LogP contribution in [-0.2, 0) is 9.53 Å². The summed E-state index contributed by atoms with van der Waals surface area (Å²) in [4.78, 5) is 15.1. The van der Waals surface area contributed by atoms with E-state index < -0.39 is 0 Å². The van der Waals surface area contributed by atoms with Crippen LogP contribution in [0.2, 0.25) is 0 Å². The van der Waals surface area contributed by atoms with Crippen LogP contribution in [0.3, 0.4) is 0 Å². The molecule has 3 aromatic rings. The molecular weight excluding hydrogens is 336 g/mol.